The second-order valence-corrected chi connectivity index (χ2v) is 5.78. The number of Topliss-reactive ketones (excluding diaryl/α,β-unsaturated/α-hetero) is 1. The molecule has 0 aliphatic carbocycles. The molecule has 2 heteroatoms. The van der Waals surface area contributed by atoms with E-state index in [1.165, 1.54) is 5.56 Å². The maximum atomic E-state index is 11.9. The van der Waals surface area contributed by atoms with Gasteiger partial charge in [0.15, 0.2) is 0 Å². The van der Waals surface area contributed by atoms with Gasteiger partial charge in [0, 0.05) is 24.9 Å². The zero-order valence-corrected chi connectivity index (χ0v) is 12.1. The van der Waals surface area contributed by atoms with Crippen LogP contribution >= 0.6 is 0 Å². The first-order valence-corrected chi connectivity index (χ1v) is 6.73. The Balaban J connectivity index is 2.46. The van der Waals surface area contributed by atoms with E-state index in [4.69, 9.17) is 0 Å². The van der Waals surface area contributed by atoms with Crippen molar-refractivity contribution in [3.63, 3.8) is 0 Å². The van der Waals surface area contributed by atoms with E-state index in [9.17, 15) is 4.79 Å². The van der Waals surface area contributed by atoms with Crippen LogP contribution in [0.2, 0.25) is 0 Å². The molecule has 1 aromatic carbocycles. The van der Waals surface area contributed by atoms with E-state index in [1.807, 2.05) is 26.8 Å². The van der Waals surface area contributed by atoms with Gasteiger partial charge in [0.2, 0.25) is 0 Å². The van der Waals surface area contributed by atoms with Crippen LogP contribution < -0.4 is 0 Å². The number of hydrogen-bond acceptors (Lipinski definition) is 2. The first-order chi connectivity index (χ1) is 8.43. The highest BCUT2D eigenvalue weighted by Gasteiger charge is 2.21. The molecule has 0 spiro atoms. The Hall–Kier alpha value is -1.15. The van der Waals surface area contributed by atoms with Crippen LogP contribution in [0.3, 0.4) is 0 Å². The van der Waals surface area contributed by atoms with Crippen molar-refractivity contribution in [2.75, 3.05) is 13.1 Å². The molecule has 0 saturated carbocycles. The molecule has 0 N–H and O–H groups in total. The van der Waals surface area contributed by atoms with E-state index in [0.717, 1.165) is 19.6 Å². The molecule has 0 unspecified atom stereocenters. The third-order valence-electron chi connectivity index (χ3n) is 3.19. The molecule has 0 radical (unpaired) electrons. The van der Waals surface area contributed by atoms with Crippen LogP contribution in [0.25, 0.3) is 0 Å². The fraction of sp³-hybridized carbons (Fsp3) is 0.562. The molecule has 0 aliphatic heterocycles. The van der Waals surface area contributed by atoms with Crippen LogP contribution in [0.4, 0.5) is 0 Å². The summed E-state index contributed by atoms with van der Waals surface area (Å²) >= 11 is 0. The molecule has 0 aromatic heterocycles. The molecule has 0 saturated heterocycles. The van der Waals surface area contributed by atoms with Crippen LogP contribution in [0, 0.1) is 5.41 Å². The Morgan fingerprint density at radius 1 is 1.17 bits per heavy atom. The summed E-state index contributed by atoms with van der Waals surface area (Å²) in [6.45, 7) is 10.9. The highest BCUT2D eigenvalue weighted by molar-refractivity contribution is 5.83. The molecular formula is C16H25NO. The maximum absolute atomic E-state index is 11.9. The van der Waals surface area contributed by atoms with Gasteiger partial charge in [0.25, 0.3) is 0 Å². The molecule has 0 amide bonds. The SMILES string of the molecule is CCN(CCC(=O)C(C)(C)C)Cc1ccccc1. The van der Waals surface area contributed by atoms with Crippen molar-refractivity contribution in [1.82, 2.24) is 4.90 Å². The molecule has 18 heavy (non-hydrogen) atoms. The number of benzene rings is 1. The van der Waals surface area contributed by atoms with Crippen molar-refractivity contribution in [2.45, 2.75) is 40.7 Å². The van der Waals surface area contributed by atoms with Gasteiger partial charge >= 0.3 is 0 Å². The van der Waals surface area contributed by atoms with Crippen LogP contribution in [-0.2, 0) is 11.3 Å². The second kappa shape index (κ2) is 6.69. The van der Waals surface area contributed by atoms with Crippen molar-refractivity contribution >= 4 is 5.78 Å². The van der Waals surface area contributed by atoms with Gasteiger partial charge in [0.1, 0.15) is 5.78 Å². The first-order valence-electron chi connectivity index (χ1n) is 6.73. The fourth-order valence-corrected chi connectivity index (χ4v) is 1.83. The molecule has 0 aliphatic rings. The lowest BCUT2D eigenvalue weighted by Gasteiger charge is -2.23. The first kappa shape index (κ1) is 14.9. The average molecular weight is 247 g/mol. The summed E-state index contributed by atoms with van der Waals surface area (Å²) in [6, 6.07) is 10.4. The number of hydrogen-bond donors (Lipinski definition) is 0. The zero-order chi connectivity index (χ0) is 13.6. The highest BCUT2D eigenvalue weighted by Crippen LogP contribution is 2.17. The number of rotatable bonds is 6. The fourth-order valence-electron chi connectivity index (χ4n) is 1.83. The van der Waals surface area contributed by atoms with E-state index in [-0.39, 0.29) is 5.41 Å². The van der Waals surface area contributed by atoms with E-state index >= 15 is 0 Å². The zero-order valence-electron chi connectivity index (χ0n) is 12.1. The second-order valence-electron chi connectivity index (χ2n) is 5.78. The number of carbonyl (C=O) groups is 1. The van der Waals surface area contributed by atoms with E-state index in [1.54, 1.807) is 0 Å². The molecule has 1 aromatic rings. The predicted octanol–water partition coefficient (Wildman–Crippen LogP) is 3.51. The molecule has 2 nitrogen and oxygen atoms in total. The number of nitrogens with zero attached hydrogens (tertiary/aromatic N) is 1. The topological polar surface area (TPSA) is 20.3 Å². The van der Waals surface area contributed by atoms with E-state index in [0.29, 0.717) is 12.2 Å². The van der Waals surface area contributed by atoms with E-state index < -0.39 is 0 Å². The summed E-state index contributed by atoms with van der Waals surface area (Å²) in [5, 5.41) is 0. The van der Waals surface area contributed by atoms with Gasteiger partial charge < -0.3 is 0 Å². The average Bonchev–Trinajstić information content (AvgIpc) is 2.34. The predicted molar refractivity (Wildman–Crippen MR) is 76.5 cm³/mol. The summed E-state index contributed by atoms with van der Waals surface area (Å²) < 4.78 is 0. The number of ketones is 1. The van der Waals surface area contributed by atoms with Gasteiger partial charge in [0.05, 0.1) is 0 Å². The molecule has 0 heterocycles. The lowest BCUT2D eigenvalue weighted by Crippen LogP contribution is -2.29. The third-order valence-corrected chi connectivity index (χ3v) is 3.19. The van der Waals surface area contributed by atoms with Crippen molar-refractivity contribution in [1.29, 1.82) is 0 Å². The minimum atomic E-state index is -0.216. The van der Waals surface area contributed by atoms with Crippen LogP contribution in [0.15, 0.2) is 30.3 Å². The minimum absolute atomic E-state index is 0.216. The van der Waals surface area contributed by atoms with Gasteiger partial charge in [-0.3, -0.25) is 9.69 Å². The Bertz CT molecular complexity index is 364. The number of carbonyl (C=O) groups excluding carboxylic acids is 1. The van der Waals surface area contributed by atoms with Crippen LogP contribution in [-0.4, -0.2) is 23.8 Å². The van der Waals surface area contributed by atoms with Crippen molar-refractivity contribution in [3.8, 4) is 0 Å². The van der Waals surface area contributed by atoms with Crippen molar-refractivity contribution in [2.24, 2.45) is 5.41 Å². The van der Waals surface area contributed by atoms with E-state index in [2.05, 4.69) is 36.1 Å². The Kier molecular flexibility index (Phi) is 5.54. The summed E-state index contributed by atoms with van der Waals surface area (Å²) in [6.07, 6.45) is 0.643. The van der Waals surface area contributed by atoms with Gasteiger partial charge in [-0.25, -0.2) is 0 Å². The monoisotopic (exact) mass is 247 g/mol. The van der Waals surface area contributed by atoms with Crippen molar-refractivity contribution < 1.29 is 4.79 Å². The van der Waals surface area contributed by atoms with Gasteiger partial charge in [-0.1, -0.05) is 58.0 Å². The molecule has 0 bridgehead atoms. The van der Waals surface area contributed by atoms with Crippen molar-refractivity contribution in [3.05, 3.63) is 35.9 Å². The molecule has 0 fully saturated rings. The summed E-state index contributed by atoms with van der Waals surface area (Å²) in [4.78, 5) is 14.2. The third kappa shape index (κ3) is 5.01. The van der Waals surface area contributed by atoms with Gasteiger partial charge in [-0.05, 0) is 12.1 Å². The summed E-state index contributed by atoms with van der Waals surface area (Å²) in [5.74, 6) is 0.342. The summed E-state index contributed by atoms with van der Waals surface area (Å²) in [7, 11) is 0. The molecule has 0 atom stereocenters. The lowest BCUT2D eigenvalue weighted by molar-refractivity contribution is -0.126. The Labute approximate surface area is 111 Å². The van der Waals surface area contributed by atoms with Crippen LogP contribution in [0.1, 0.15) is 39.7 Å². The smallest absolute Gasteiger partial charge is 0.139 e. The minimum Gasteiger partial charge on any atom is -0.299 e. The molecule has 1 rings (SSSR count). The molecular weight excluding hydrogens is 222 g/mol. The normalized spacial score (nSPS) is 11.8. The molecule has 100 valence electrons. The largest absolute Gasteiger partial charge is 0.299 e. The highest BCUT2D eigenvalue weighted by atomic mass is 16.1. The van der Waals surface area contributed by atoms with Gasteiger partial charge in [-0.2, -0.15) is 0 Å². The lowest BCUT2D eigenvalue weighted by atomic mass is 9.89. The summed E-state index contributed by atoms with van der Waals surface area (Å²) in [5.41, 5.74) is 1.09. The van der Waals surface area contributed by atoms with Crippen LogP contribution in [0.5, 0.6) is 0 Å². The Morgan fingerprint density at radius 2 is 1.78 bits per heavy atom. The van der Waals surface area contributed by atoms with Gasteiger partial charge in [-0.15, -0.1) is 0 Å². The Morgan fingerprint density at radius 3 is 2.28 bits per heavy atom. The maximum Gasteiger partial charge on any atom is 0.139 e. The quantitative estimate of drug-likeness (QED) is 0.766. The standard InChI is InChI=1S/C16H25NO/c1-5-17(12-11-15(18)16(2,3)4)13-14-9-7-6-8-10-14/h6-10H,5,11-13H2,1-4H3.